The average Bonchev–Trinajstić information content (AvgIpc) is 2.99. The standard InChI is InChI=1S/C14H15BrN2OS/c1-2-7-18-13-4-3-10(15)8-11(13)12-9-19-14-16-5-6-17(12)14/h3-4,8-9H,2,5-7H2,1H3. The van der Waals surface area contributed by atoms with E-state index in [1.54, 1.807) is 11.8 Å². The summed E-state index contributed by atoms with van der Waals surface area (Å²) in [6, 6.07) is 6.18. The zero-order chi connectivity index (χ0) is 13.2. The van der Waals surface area contributed by atoms with Gasteiger partial charge in [0.2, 0.25) is 0 Å². The van der Waals surface area contributed by atoms with E-state index in [0.717, 1.165) is 47.1 Å². The summed E-state index contributed by atoms with van der Waals surface area (Å²) in [6.07, 6.45) is 1.01. The van der Waals surface area contributed by atoms with E-state index in [-0.39, 0.29) is 0 Å². The lowest BCUT2D eigenvalue weighted by Gasteiger charge is -2.19. The molecule has 2 aliphatic rings. The molecular weight excluding hydrogens is 324 g/mol. The molecule has 0 saturated heterocycles. The van der Waals surface area contributed by atoms with Crippen LogP contribution in [-0.2, 0) is 0 Å². The lowest BCUT2D eigenvalue weighted by molar-refractivity contribution is 0.316. The van der Waals surface area contributed by atoms with Crippen molar-refractivity contribution < 1.29 is 4.74 Å². The summed E-state index contributed by atoms with van der Waals surface area (Å²) < 4.78 is 6.94. The van der Waals surface area contributed by atoms with E-state index in [2.05, 4.69) is 44.2 Å². The van der Waals surface area contributed by atoms with Gasteiger partial charge in [-0.2, -0.15) is 0 Å². The van der Waals surface area contributed by atoms with Gasteiger partial charge in [0, 0.05) is 22.0 Å². The van der Waals surface area contributed by atoms with Gasteiger partial charge in [0.25, 0.3) is 0 Å². The van der Waals surface area contributed by atoms with Crippen LogP contribution in [0.4, 0.5) is 0 Å². The number of thioether (sulfide) groups is 1. The van der Waals surface area contributed by atoms with Crippen molar-refractivity contribution in [2.45, 2.75) is 13.3 Å². The lowest BCUT2D eigenvalue weighted by atomic mass is 10.1. The molecule has 0 bridgehead atoms. The minimum Gasteiger partial charge on any atom is -0.493 e. The smallest absolute Gasteiger partial charge is 0.168 e. The molecule has 1 aromatic rings. The zero-order valence-corrected chi connectivity index (χ0v) is 13.1. The fourth-order valence-corrected chi connectivity index (χ4v) is 3.49. The van der Waals surface area contributed by atoms with Gasteiger partial charge in [-0.1, -0.05) is 34.6 Å². The first-order valence-electron chi connectivity index (χ1n) is 6.41. The molecule has 0 spiro atoms. The molecule has 0 aromatic heterocycles. The summed E-state index contributed by atoms with van der Waals surface area (Å²) in [5.41, 5.74) is 2.34. The van der Waals surface area contributed by atoms with Crippen molar-refractivity contribution in [3.8, 4) is 5.75 Å². The third-order valence-electron chi connectivity index (χ3n) is 3.05. The molecule has 0 amide bonds. The Morgan fingerprint density at radius 3 is 3.21 bits per heavy atom. The largest absolute Gasteiger partial charge is 0.493 e. The second kappa shape index (κ2) is 5.59. The van der Waals surface area contributed by atoms with Gasteiger partial charge in [0.15, 0.2) is 5.17 Å². The van der Waals surface area contributed by atoms with Crippen molar-refractivity contribution in [2.24, 2.45) is 4.99 Å². The van der Waals surface area contributed by atoms with Gasteiger partial charge >= 0.3 is 0 Å². The van der Waals surface area contributed by atoms with Crippen LogP contribution in [0, 0.1) is 0 Å². The Hall–Kier alpha value is -0.940. The lowest BCUT2D eigenvalue weighted by Crippen LogP contribution is -2.20. The van der Waals surface area contributed by atoms with Gasteiger partial charge in [0.1, 0.15) is 5.75 Å². The number of benzene rings is 1. The SMILES string of the molecule is CCCOc1ccc(Br)cc1C1=CSC2=NCCN12. The van der Waals surface area contributed by atoms with Crippen LogP contribution in [0.1, 0.15) is 18.9 Å². The molecule has 0 radical (unpaired) electrons. The van der Waals surface area contributed by atoms with E-state index in [9.17, 15) is 0 Å². The molecule has 3 rings (SSSR count). The van der Waals surface area contributed by atoms with E-state index in [0.29, 0.717) is 0 Å². The fraction of sp³-hybridized carbons (Fsp3) is 0.357. The van der Waals surface area contributed by atoms with E-state index >= 15 is 0 Å². The van der Waals surface area contributed by atoms with Crippen LogP contribution in [0.15, 0.2) is 33.1 Å². The summed E-state index contributed by atoms with van der Waals surface area (Å²) >= 11 is 5.24. The average molecular weight is 339 g/mol. The minimum atomic E-state index is 0.746. The van der Waals surface area contributed by atoms with E-state index in [4.69, 9.17) is 4.74 Å². The molecule has 0 N–H and O–H groups in total. The van der Waals surface area contributed by atoms with Crippen molar-refractivity contribution >= 4 is 38.6 Å². The molecule has 0 fully saturated rings. The first kappa shape index (κ1) is 13.1. The highest BCUT2D eigenvalue weighted by molar-refractivity contribution is 9.10. The summed E-state index contributed by atoms with van der Waals surface area (Å²) in [5, 5.41) is 3.27. The van der Waals surface area contributed by atoms with Crippen LogP contribution in [0.2, 0.25) is 0 Å². The van der Waals surface area contributed by atoms with Gasteiger partial charge in [-0.25, -0.2) is 0 Å². The molecule has 0 saturated carbocycles. The quantitative estimate of drug-likeness (QED) is 0.830. The predicted octanol–water partition coefficient (Wildman–Crippen LogP) is 3.95. The third kappa shape index (κ3) is 2.54. The van der Waals surface area contributed by atoms with Crippen molar-refractivity contribution in [3.63, 3.8) is 0 Å². The molecule has 100 valence electrons. The Labute approximate surface area is 125 Å². The van der Waals surface area contributed by atoms with Crippen LogP contribution in [0.25, 0.3) is 5.70 Å². The number of rotatable bonds is 4. The summed E-state index contributed by atoms with van der Waals surface area (Å²) in [6.45, 7) is 4.72. The predicted molar refractivity (Wildman–Crippen MR) is 84.5 cm³/mol. The normalized spacial score (nSPS) is 17.3. The highest BCUT2D eigenvalue weighted by Gasteiger charge is 2.28. The molecule has 0 unspecified atom stereocenters. The molecule has 1 aromatic carbocycles. The van der Waals surface area contributed by atoms with Crippen molar-refractivity contribution in [1.29, 1.82) is 0 Å². The number of ether oxygens (including phenoxy) is 1. The Kier molecular flexibility index (Phi) is 3.84. The summed E-state index contributed by atoms with van der Waals surface area (Å²) in [7, 11) is 0. The van der Waals surface area contributed by atoms with E-state index in [1.807, 2.05) is 12.1 Å². The van der Waals surface area contributed by atoms with Crippen LogP contribution in [-0.4, -0.2) is 29.8 Å². The first-order chi connectivity index (χ1) is 9.29. The highest BCUT2D eigenvalue weighted by Crippen LogP contribution is 2.39. The first-order valence-corrected chi connectivity index (χ1v) is 8.08. The Balaban J connectivity index is 1.95. The van der Waals surface area contributed by atoms with Crippen LogP contribution >= 0.6 is 27.7 Å². The Morgan fingerprint density at radius 1 is 1.47 bits per heavy atom. The molecule has 5 heteroatoms. The Bertz CT molecular complexity index is 556. The zero-order valence-electron chi connectivity index (χ0n) is 10.7. The number of hydrogen-bond acceptors (Lipinski definition) is 4. The number of halogens is 1. The third-order valence-corrected chi connectivity index (χ3v) is 4.44. The van der Waals surface area contributed by atoms with Crippen LogP contribution in [0.5, 0.6) is 5.75 Å². The topological polar surface area (TPSA) is 24.8 Å². The van der Waals surface area contributed by atoms with Crippen LogP contribution in [0.3, 0.4) is 0 Å². The van der Waals surface area contributed by atoms with E-state index < -0.39 is 0 Å². The maximum Gasteiger partial charge on any atom is 0.168 e. The van der Waals surface area contributed by atoms with Crippen LogP contribution < -0.4 is 4.74 Å². The summed E-state index contributed by atoms with van der Waals surface area (Å²) in [5.74, 6) is 0.949. The van der Waals surface area contributed by atoms with Gasteiger partial charge in [-0.3, -0.25) is 4.99 Å². The number of nitrogens with zero attached hydrogens (tertiary/aromatic N) is 2. The number of hydrogen-bond donors (Lipinski definition) is 0. The fourth-order valence-electron chi connectivity index (χ4n) is 2.17. The molecular formula is C14H15BrN2OS. The van der Waals surface area contributed by atoms with Crippen molar-refractivity contribution in [2.75, 3.05) is 19.7 Å². The van der Waals surface area contributed by atoms with Gasteiger partial charge in [-0.15, -0.1) is 0 Å². The Morgan fingerprint density at radius 2 is 2.37 bits per heavy atom. The molecule has 0 atom stereocenters. The molecule has 3 nitrogen and oxygen atoms in total. The number of fused-ring (bicyclic) bond motifs is 1. The maximum absolute atomic E-state index is 5.86. The number of amidine groups is 1. The maximum atomic E-state index is 5.86. The minimum absolute atomic E-state index is 0.746. The van der Waals surface area contributed by atoms with E-state index in [1.165, 1.54) is 5.70 Å². The van der Waals surface area contributed by atoms with Gasteiger partial charge in [-0.05, 0) is 24.6 Å². The monoisotopic (exact) mass is 338 g/mol. The second-order valence-electron chi connectivity index (χ2n) is 4.43. The van der Waals surface area contributed by atoms with Gasteiger partial charge in [0.05, 0.1) is 18.8 Å². The molecule has 2 aliphatic heterocycles. The number of aliphatic imine (C=N–C) groups is 1. The molecule has 2 heterocycles. The van der Waals surface area contributed by atoms with Crippen molar-refractivity contribution in [1.82, 2.24) is 4.90 Å². The molecule has 19 heavy (non-hydrogen) atoms. The highest BCUT2D eigenvalue weighted by atomic mass is 79.9. The summed E-state index contributed by atoms with van der Waals surface area (Å²) in [4.78, 5) is 6.76. The second-order valence-corrected chi connectivity index (χ2v) is 6.18. The van der Waals surface area contributed by atoms with Gasteiger partial charge < -0.3 is 9.64 Å². The van der Waals surface area contributed by atoms with Crippen molar-refractivity contribution in [3.05, 3.63) is 33.6 Å². The molecule has 0 aliphatic carbocycles.